The van der Waals surface area contributed by atoms with Gasteiger partial charge in [0, 0.05) is 0 Å². The summed E-state index contributed by atoms with van der Waals surface area (Å²) in [6.07, 6.45) is 1.35. The first kappa shape index (κ1) is 11.7. The molecule has 0 aliphatic rings. The Kier molecular flexibility index (Phi) is 3.44. The monoisotopic (exact) mass is 250 g/mol. The molecule has 1 amide bonds. The molecule has 0 unspecified atom stereocenters. The molecule has 0 aliphatic carbocycles. The number of rotatable bonds is 3. The van der Waals surface area contributed by atoms with Gasteiger partial charge in [-0.2, -0.15) is 0 Å². The van der Waals surface area contributed by atoms with Crippen LogP contribution in [0.2, 0.25) is 5.02 Å². The van der Waals surface area contributed by atoms with Gasteiger partial charge >= 0.3 is 0 Å². The molecular weight excluding hydrogens is 240 g/mol. The first-order valence-electron chi connectivity index (χ1n) is 5.10. The van der Waals surface area contributed by atoms with Crippen LogP contribution in [0.4, 0.5) is 0 Å². The lowest BCUT2D eigenvalue weighted by Gasteiger charge is -2.05. The molecule has 1 aromatic heterocycles. The molecular formula is C12H11ClN2O2. The van der Waals surface area contributed by atoms with Gasteiger partial charge in [0.15, 0.2) is 6.39 Å². The van der Waals surface area contributed by atoms with Crippen LogP contribution in [-0.2, 0) is 6.54 Å². The maximum Gasteiger partial charge on any atom is 0.253 e. The van der Waals surface area contributed by atoms with Crippen LogP contribution in [0.1, 0.15) is 21.8 Å². The summed E-state index contributed by atoms with van der Waals surface area (Å²) in [6.45, 7) is 2.12. The van der Waals surface area contributed by atoms with Crippen LogP contribution in [0.15, 0.2) is 35.1 Å². The fourth-order valence-corrected chi connectivity index (χ4v) is 1.62. The van der Waals surface area contributed by atoms with E-state index in [1.54, 1.807) is 24.3 Å². The average molecular weight is 251 g/mol. The van der Waals surface area contributed by atoms with Gasteiger partial charge in [-0.15, -0.1) is 0 Å². The third-order valence-electron chi connectivity index (χ3n) is 2.37. The molecule has 0 radical (unpaired) electrons. The van der Waals surface area contributed by atoms with Crippen LogP contribution in [0, 0.1) is 6.92 Å². The average Bonchev–Trinajstić information content (AvgIpc) is 2.72. The van der Waals surface area contributed by atoms with Crippen LogP contribution in [0.25, 0.3) is 0 Å². The van der Waals surface area contributed by atoms with Gasteiger partial charge in [-0.25, -0.2) is 4.98 Å². The number of aryl methyl sites for hydroxylation is 1. The van der Waals surface area contributed by atoms with E-state index in [1.807, 2.05) is 6.92 Å². The minimum Gasteiger partial charge on any atom is -0.446 e. The molecule has 0 bridgehead atoms. The smallest absolute Gasteiger partial charge is 0.253 e. The molecule has 4 nitrogen and oxygen atoms in total. The van der Waals surface area contributed by atoms with Gasteiger partial charge in [-0.1, -0.05) is 23.7 Å². The topological polar surface area (TPSA) is 55.1 Å². The minimum absolute atomic E-state index is 0.230. The minimum atomic E-state index is -0.230. The van der Waals surface area contributed by atoms with Crippen molar-refractivity contribution in [3.05, 3.63) is 52.7 Å². The zero-order valence-corrected chi connectivity index (χ0v) is 9.99. The van der Waals surface area contributed by atoms with E-state index in [-0.39, 0.29) is 5.91 Å². The van der Waals surface area contributed by atoms with Crippen molar-refractivity contribution in [2.24, 2.45) is 0 Å². The van der Waals surface area contributed by atoms with Crippen molar-refractivity contribution in [1.29, 1.82) is 0 Å². The molecule has 1 heterocycles. The predicted molar refractivity (Wildman–Crippen MR) is 63.9 cm³/mol. The number of halogens is 1. The van der Waals surface area contributed by atoms with E-state index in [0.717, 1.165) is 5.69 Å². The molecule has 0 spiro atoms. The molecule has 88 valence electrons. The number of aromatic nitrogens is 1. The van der Waals surface area contributed by atoms with Gasteiger partial charge < -0.3 is 9.73 Å². The third-order valence-corrected chi connectivity index (χ3v) is 2.70. The summed E-state index contributed by atoms with van der Waals surface area (Å²) >= 11 is 5.91. The third kappa shape index (κ3) is 2.65. The van der Waals surface area contributed by atoms with E-state index in [9.17, 15) is 4.79 Å². The van der Waals surface area contributed by atoms with E-state index >= 15 is 0 Å². The molecule has 5 heteroatoms. The van der Waals surface area contributed by atoms with E-state index in [4.69, 9.17) is 16.0 Å². The summed E-state index contributed by atoms with van der Waals surface area (Å²) in [5.74, 6) is 0.414. The molecule has 0 atom stereocenters. The Morgan fingerprint density at radius 2 is 2.24 bits per heavy atom. The molecule has 0 aliphatic heterocycles. The van der Waals surface area contributed by atoms with Crippen molar-refractivity contribution in [1.82, 2.24) is 10.3 Å². The van der Waals surface area contributed by atoms with Crippen molar-refractivity contribution in [3.63, 3.8) is 0 Å². The summed E-state index contributed by atoms with van der Waals surface area (Å²) in [5.41, 5.74) is 1.22. The highest BCUT2D eigenvalue weighted by molar-refractivity contribution is 6.33. The SMILES string of the molecule is Cc1ncoc1CNC(=O)c1ccccc1Cl. The van der Waals surface area contributed by atoms with E-state index in [2.05, 4.69) is 10.3 Å². The number of hydrogen-bond acceptors (Lipinski definition) is 3. The van der Waals surface area contributed by atoms with Gasteiger partial charge in [0.25, 0.3) is 5.91 Å². The summed E-state index contributed by atoms with van der Waals surface area (Å²) < 4.78 is 5.12. The zero-order valence-electron chi connectivity index (χ0n) is 9.24. The molecule has 0 fully saturated rings. The first-order valence-corrected chi connectivity index (χ1v) is 5.48. The molecule has 17 heavy (non-hydrogen) atoms. The summed E-state index contributed by atoms with van der Waals surface area (Å²) in [7, 11) is 0. The van der Waals surface area contributed by atoms with Gasteiger partial charge in [-0.05, 0) is 19.1 Å². The molecule has 1 aromatic carbocycles. The number of nitrogens with zero attached hydrogens (tertiary/aromatic N) is 1. The lowest BCUT2D eigenvalue weighted by atomic mass is 10.2. The Balaban J connectivity index is 2.04. The second-order valence-electron chi connectivity index (χ2n) is 3.52. The second-order valence-corrected chi connectivity index (χ2v) is 3.93. The van der Waals surface area contributed by atoms with Crippen molar-refractivity contribution < 1.29 is 9.21 Å². The lowest BCUT2D eigenvalue weighted by Crippen LogP contribution is -2.23. The van der Waals surface area contributed by atoms with Crippen molar-refractivity contribution in [3.8, 4) is 0 Å². The van der Waals surface area contributed by atoms with Crippen LogP contribution >= 0.6 is 11.6 Å². The molecule has 0 saturated carbocycles. The van der Waals surface area contributed by atoms with Gasteiger partial charge in [0.1, 0.15) is 5.76 Å². The largest absolute Gasteiger partial charge is 0.446 e. The van der Waals surface area contributed by atoms with Crippen molar-refractivity contribution >= 4 is 17.5 Å². The summed E-state index contributed by atoms with van der Waals surface area (Å²) in [4.78, 5) is 15.8. The number of nitrogens with one attached hydrogen (secondary N) is 1. The number of amides is 1. The van der Waals surface area contributed by atoms with Gasteiger partial charge in [-0.3, -0.25) is 4.79 Å². The Morgan fingerprint density at radius 3 is 2.88 bits per heavy atom. The van der Waals surface area contributed by atoms with Crippen LogP contribution in [0.5, 0.6) is 0 Å². The Morgan fingerprint density at radius 1 is 1.47 bits per heavy atom. The Hall–Kier alpha value is -1.81. The molecule has 1 N–H and O–H groups in total. The highest BCUT2D eigenvalue weighted by atomic mass is 35.5. The van der Waals surface area contributed by atoms with Crippen LogP contribution < -0.4 is 5.32 Å². The number of benzene rings is 1. The molecule has 2 rings (SSSR count). The zero-order chi connectivity index (χ0) is 12.3. The normalized spacial score (nSPS) is 10.2. The highest BCUT2D eigenvalue weighted by Crippen LogP contribution is 2.14. The fraction of sp³-hybridized carbons (Fsp3) is 0.167. The molecule has 0 saturated heterocycles. The number of hydrogen-bond donors (Lipinski definition) is 1. The predicted octanol–water partition coefficient (Wildman–Crippen LogP) is 2.57. The fourth-order valence-electron chi connectivity index (χ4n) is 1.40. The highest BCUT2D eigenvalue weighted by Gasteiger charge is 2.10. The summed E-state index contributed by atoms with van der Waals surface area (Å²) in [6, 6.07) is 6.89. The molecule has 2 aromatic rings. The lowest BCUT2D eigenvalue weighted by molar-refractivity contribution is 0.0948. The van der Waals surface area contributed by atoms with E-state index in [1.165, 1.54) is 6.39 Å². The number of carbonyl (C=O) groups is 1. The van der Waals surface area contributed by atoms with Crippen molar-refractivity contribution in [2.45, 2.75) is 13.5 Å². The Labute approximate surface area is 104 Å². The van der Waals surface area contributed by atoms with E-state index in [0.29, 0.717) is 22.9 Å². The van der Waals surface area contributed by atoms with Crippen molar-refractivity contribution in [2.75, 3.05) is 0 Å². The Bertz CT molecular complexity index is 537. The number of carbonyl (C=O) groups excluding carboxylic acids is 1. The maximum atomic E-state index is 11.8. The number of oxazole rings is 1. The standard InChI is InChI=1S/C12H11ClN2O2/c1-8-11(17-7-15-8)6-14-12(16)9-4-2-3-5-10(9)13/h2-5,7H,6H2,1H3,(H,14,16). The second kappa shape index (κ2) is 5.01. The maximum absolute atomic E-state index is 11.8. The quantitative estimate of drug-likeness (QED) is 0.911. The first-order chi connectivity index (χ1) is 8.18. The summed E-state index contributed by atoms with van der Waals surface area (Å²) in [5, 5.41) is 3.16. The van der Waals surface area contributed by atoms with E-state index < -0.39 is 0 Å². The van der Waals surface area contributed by atoms with Crippen LogP contribution in [-0.4, -0.2) is 10.9 Å². The van der Waals surface area contributed by atoms with Crippen LogP contribution in [0.3, 0.4) is 0 Å². The van der Waals surface area contributed by atoms with Gasteiger partial charge in [0.05, 0.1) is 22.8 Å². The van der Waals surface area contributed by atoms with Gasteiger partial charge in [0.2, 0.25) is 0 Å².